The molecule has 0 atom stereocenters. The van der Waals surface area contributed by atoms with Crippen LogP contribution >= 0.6 is 0 Å². The predicted octanol–water partition coefficient (Wildman–Crippen LogP) is 4.01. The van der Waals surface area contributed by atoms with Crippen molar-refractivity contribution in [1.82, 2.24) is 15.2 Å². The van der Waals surface area contributed by atoms with Crippen molar-refractivity contribution in [3.8, 4) is 0 Å². The second kappa shape index (κ2) is 7.02. The van der Waals surface area contributed by atoms with Gasteiger partial charge in [-0.1, -0.05) is 25.0 Å². The number of para-hydroxylation sites is 1. The lowest BCUT2D eigenvalue weighted by atomic mass is 10.1. The molecular weight excluding hydrogens is 319 g/mol. The number of rotatable bonds is 3. The first-order chi connectivity index (χ1) is 11.5. The van der Waals surface area contributed by atoms with Gasteiger partial charge in [-0.3, -0.25) is 0 Å². The largest absolute Gasteiger partial charge is 0.418 e. The molecule has 0 spiro atoms. The number of hydrogen-bond acceptors (Lipinski definition) is 5. The Morgan fingerprint density at radius 3 is 2.42 bits per heavy atom. The average molecular weight is 337 g/mol. The molecule has 1 aromatic heterocycles. The van der Waals surface area contributed by atoms with Crippen LogP contribution in [0.25, 0.3) is 0 Å². The summed E-state index contributed by atoms with van der Waals surface area (Å²) in [7, 11) is 0. The molecule has 1 aliphatic rings. The minimum Gasteiger partial charge on any atom is -0.355 e. The number of benzene rings is 1. The Kier molecular flexibility index (Phi) is 4.82. The summed E-state index contributed by atoms with van der Waals surface area (Å²) in [6.45, 7) is 1.74. The van der Waals surface area contributed by atoms with Gasteiger partial charge in [0.05, 0.1) is 17.4 Å². The van der Waals surface area contributed by atoms with Crippen LogP contribution in [0.15, 0.2) is 30.5 Å². The zero-order valence-electron chi connectivity index (χ0n) is 13.1. The summed E-state index contributed by atoms with van der Waals surface area (Å²) in [5.41, 5.74) is -0.839. The monoisotopic (exact) mass is 337 g/mol. The van der Waals surface area contributed by atoms with E-state index in [4.69, 9.17) is 0 Å². The molecule has 1 aliphatic heterocycles. The molecule has 2 heterocycles. The molecule has 3 rings (SSSR count). The van der Waals surface area contributed by atoms with Gasteiger partial charge >= 0.3 is 6.18 Å². The SMILES string of the molecule is FC(F)(F)c1ccccc1Nc1nncc(N2CCCCCC2)n1. The molecule has 8 heteroatoms. The number of alkyl halides is 3. The Morgan fingerprint density at radius 1 is 1.00 bits per heavy atom. The van der Waals surface area contributed by atoms with Gasteiger partial charge in [0.2, 0.25) is 5.95 Å². The highest BCUT2D eigenvalue weighted by Crippen LogP contribution is 2.35. The van der Waals surface area contributed by atoms with Crippen LogP contribution < -0.4 is 10.2 Å². The van der Waals surface area contributed by atoms with E-state index in [9.17, 15) is 13.2 Å². The molecule has 0 unspecified atom stereocenters. The molecule has 24 heavy (non-hydrogen) atoms. The zero-order chi connectivity index (χ0) is 17.0. The molecule has 5 nitrogen and oxygen atoms in total. The van der Waals surface area contributed by atoms with Gasteiger partial charge in [-0.25, -0.2) is 0 Å². The maximum atomic E-state index is 13.1. The highest BCUT2D eigenvalue weighted by molar-refractivity contribution is 5.60. The number of halogens is 3. The van der Waals surface area contributed by atoms with Gasteiger partial charge in [0.15, 0.2) is 5.82 Å². The molecule has 1 N–H and O–H groups in total. The first kappa shape index (κ1) is 16.5. The molecule has 0 amide bonds. The Labute approximate surface area is 137 Å². The van der Waals surface area contributed by atoms with Crippen LogP contribution in [0.5, 0.6) is 0 Å². The molecule has 0 aliphatic carbocycles. The Hall–Kier alpha value is -2.38. The molecule has 0 bridgehead atoms. The van der Waals surface area contributed by atoms with Crippen molar-refractivity contribution >= 4 is 17.5 Å². The van der Waals surface area contributed by atoms with Crippen LogP contribution in [0.2, 0.25) is 0 Å². The molecule has 2 aromatic rings. The minimum absolute atomic E-state index is 0.0634. The first-order valence-corrected chi connectivity index (χ1v) is 7.92. The van der Waals surface area contributed by atoms with Crippen molar-refractivity contribution < 1.29 is 13.2 Å². The highest BCUT2D eigenvalue weighted by Gasteiger charge is 2.33. The second-order valence-electron chi connectivity index (χ2n) is 5.71. The van der Waals surface area contributed by atoms with Gasteiger partial charge in [0.1, 0.15) is 0 Å². The van der Waals surface area contributed by atoms with E-state index in [-0.39, 0.29) is 11.6 Å². The normalized spacial score (nSPS) is 15.9. The van der Waals surface area contributed by atoms with Crippen LogP contribution in [0.4, 0.5) is 30.6 Å². The van der Waals surface area contributed by atoms with Crippen molar-refractivity contribution in [2.75, 3.05) is 23.3 Å². The molecule has 128 valence electrons. The van der Waals surface area contributed by atoms with Crippen molar-refractivity contribution in [3.05, 3.63) is 36.0 Å². The van der Waals surface area contributed by atoms with Crippen LogP contribution in [-0.4, -0.2) is 28.3 Å². The first-order valence-electron chi connectivity index (χ1n) is 7.92. The molecule has 1 fully saturated rings. The molecule has 0 saturated carbocycles. The van der Waals surface area contributed by atoms with E-state index in [0.29, 0.717) is 5.82 Å². The van der Waals surface area contributed by atoms with E-state index in [2.05, 4.69) is 25.4 Å². The maximum absolute atomic E-state index is 13.1. The van der Waals surface area contributed by atoms with Gasteiger partial charge in [-0.2, -0.15) is 23.3 Å². The smallest absolute Gasteiger partial charge is 0.355 e. The van der Waals surface area contributed by atoms with Crippen LogP contribution in [-0.2, 0) is 6.18 Å². The Morgan fingerprint density at radius 2 is 1.71 bits per heavy atom. The fraction of sp³-hybridized carbons (Fsp3) is 0.438. The second-order valence-corrected chi connectivity index (χ2v) is 5.71. The van der Waals surface area contributed by atoms with Crippen LogP contribution in [0.1, 0.15) is 31.2 Å². The van der Waals surface area contributed by atoms with Gasteiger partial charge in [-0.05, 0) is 25.0 Å². The van der Waals surface area contributed by atoms with E-state index in [1.54, 1.807) is 6.20 Å². The Balaban J connectivity index is 1.83. The van der Waals surface area contributed by atoms with Crippen LogP contribution in [0.3, 0.4) is 0 Å². The third-order valence-corrected chi connectivity index (χ3v) is 3.96. The van der Waals surface area contributed by atoms with E-state index in [1.165, 1.54) is 31.0 Å². The molecular formula is C16H18F3N5. The molecule has 0 radical (unpaired) electrons. The predicted molar refractivity (Wildman–Crippen MR) is 85.2 cm³/mol. The van der Waals surface area contributed by atoms with Crippen molar-refractivity contribution in [2.24, 2.45) is 0 Å². The number of aromatic nitrogens is 3. The lowest BCUT2D eigenvalue weighted by molar-refractivity contribution is -0.136. The van der Waals surface area contributed by atoms with Crippen molar-refractivity contribution in [2.45, 2.75) is 31.9 Å². The van der Waals surface area contributed by atoms with E-state index < -0.39 is 11.7 Å². The third kappa shape index (κ3) is 3.93. The number of anilines is 3. The topological polar surface area (TPSA) is 53.9 Å². The van der Waals surface area contributed by atoms with E-state index in [1.807, 2.05) is 0 Å². The van der Waals surface area contributed by atoms with Crippen LogP contribution in [0, 0.1) is 0 Å². The van der Waals surface area contributed by atoms with Crippen molar-refractivity contribution in [1.29, 1.82) is 0 Å². The molecule has 1 saturated heterocycles. The third-order valence-electron chi connectivity index (χ3n) is 3.96. The summed E-state index contributed by atoms with van der Waals surface area (Å²) in [5, 5.41) is 10.3. The summed E-state index contributed by atoms with van der Waals surface area (Å²) in [6, 6.07) is 5.25. The number of hydrogen-bond donors (Lipinski definition) is 1. The Bertz CT molecular complexity index is 681. The summed E-state index contributed by atoms with van der Waals surface area (Å²) in [6.07, 6.45) is 1.61. The van der Waals surface area contributed by atoms with E-state index >= 15 is 0 Å². The van der Waals surface area contributed by atoms with Crippen molar-refractivity contribution in [3.63, 3.8) is 0 Å². The number of nitrogens with one attached hydrogen (secondary N) is 1. The van der Waals surface area contributed by atoms with Gasteiger partial charge in [-0.15, -0.1) is 5.10 Å². The van der Waals surface area contributed by atoms with Gasteiger partial charge in [0.25, 0.3) is 0 Å². The summed E-state index contributed by atoms with van der Waals surface area (Å²) in [4.78, 5) is 6.43. The maximum Gasteiger partial charge on any atom is 0.418 e. The number of nitrogens with zero attached hydrogens (tertiary/aromatic N) is 4. The minimum atomic E-state index is -4.45. The average Bonchev–Trinajstić information content (AvgIpc) is 2.84. The quantitative estimate of drug-likeness (QED) is 0.917. The lowest BCUT2D eigenvalue weighted by Gasteiger charge is -2.21. The molecule has 1 aromatic carbocycles. The fourth-order valence-corrected chi connectivity index (χ4v) is 2.76. The summed E-state index contributed by atoms with van der Waals surface area (Å²) < 4.78 is 39.2. The fourth-order valence-electron chi connectivity index (χ4n) is 2.76. The van der Waals surface area contributed by atoms with Gasteiger partial charge < -0.3 is 10.2 Å². The van der Waals surface area contributed by atoms with E-state index in [0.717, 1.165) is 32.0 Å². The lowest BCUT2D eigenvalue weighted by Crippen LogP contribution is -2.25. The van der Waals surface area contributed by atoms with Gasteiger partial charge in [0, 0.05) is 13.1 Å². The highest BCUT2D eigenvalue weighted by atomic mass is 19.4. The zero-order valence-corrected chi connectivity index (χ0v) is 13.1. The standard InChI is InChI=1S/C16H18F3N5/c17-16(18,19)12-7-3-4-8-13(12)21-15-22-14(11-20-23-15)24-9-5-1-2-6-10-24/h3-4,7-8,11H,1-2,5-6,9-10H2,(H,21,22,23). The summed E-state index contributed by atoms with van der Waals surface area (Å²) in [5.74, 6) is 0.701. The summed E-state index contributed by atoms with van der Waals surface area (Å²) >= 11 is 0.